The molecule has 8 heteroatoms. The minimum Gasteiger partial charge on any atom is -0.481 e. The van der Waals surface area contributed by atoms with E-state index in [1.165, 1.54) is 18.4 Å². The van der Waals surface area contributed by atoms with Crippen molar-refractivity contribution in [3.8, 4) is 5.75 Å². The lowest BCUT2D eigenvalue weighted by atomic mass is 9.99. The van der Waals surface area contributed by atoms with E-state index in [0.29, 0.717) is 12.5 Å². The van der Waals surface area contributed by atoms with Crippen molar-refractivity contribution in [1.82, 2.24) is 14.8 Å². The maximum Gasteiger partial charge on any atom is 0.276 e. The van der Waals surface area contributed by atoms with E-state index in [4.69, 9.17) is 9.15 Å². The molecule has 0 saturated carbocycles. The Morgan fingerprint density at radius 3 is 2.89 bits per heavy atom. The fourth-order valence-electron chi connectivity index (χ4n) is 3.13. The number of rotatable bonds is 5. The first-order valence-electron chi connectivity index (χ1n) is 8.87. The summed E-state index contributed by atoms with van der Waals surface area (Å²) in [4.78, 5) is 21.0. The van der Waals surface area contributed by atoms with Gasteiger partial charge in [0.05, 0.1) is 0 Å². The number of hydrogen-bond donors (Lipinski definition) is 0. The van der Waals surface area contributed by atoms with Crippen LogP contribution in [0.4, 0.5) is 8.78 Å². The van der Waals surface area contributed by atoms with E-state index in [0.717, 1.165) is 19.2 Å². The predicted octanol–water partition coefficient (Wildman–Crippen LogP) is 2.94. The highest BCUT2D eigenvalue weighted by Crippen LogP contribution is 2.21. The Kier molecular flexibility index (Phi) is 5.74. The van der Waals surface area contributed by atoms with Crippen molar-refractivity contribution in [1.29, 1.82) is 0 Å². The van der Waals surface area contributed by atoms with E-state index in [9.17, 15) is 13.6 Å². The predicted molar refractivity (Wildman–Crippen MR) is 94.4 cm³/mol. The molecule has 0 bridgehead atoms. The second kappa shape index (κ2) is 8.04. The Bertz CT molecular complexity index is 809. The molecule has 1 aliphatic heterocycles. The zero-order valence-corrected chi connectivity index (χ0v) is 15.6. The highest BCUT2D eigenvalue weighted by atomic mass is 19.2. The summed E-state index contributed by atoms with van der Waals surface area (Å²) in [6, 6.07) is 3.75. The smallest absolute Gasteiger partial charge is 0.276 e. The lowest BCUT2D eigenvalue weighted by molar-refractivity contribution is 0.0397. The van der Waals surface area contributed by atoms with Gasteiger partial charge in [0.1, 0.15) is 6.26 Å². The third-order valence-corrected chi connectivity index (χ3v) is 4.69. The first-order valence-corrected chi connectivity index (χ1v) is 8.87. The SMILES string of the molecule is CC(C)[C@H]1CN(C)CCN1C(=O)c1coc(COc2cccc(F)c2F)n1. The van der Waals surface area contributed by atoms with E-state index in [1.54, 1.807) is 0 Å². The fourth-order valence-corrected chi connectivity index (χ4v) is 3.13. The van der Waals surface area contributed by atoms with E-state index in [1.807, 2.05) is 11.9 Å². The Morgan fingerprint density at radius 2 is 2.15 bits per heavy atom. The van der Waals surface area contributed by atoms with Crippen LogP contribution in [0.5, 0.6) is 5.75 Å². The molecule has 0 unspecified atom stereocenters. The summed E-state index contributed by atoms with van der Waals surface area (Å²) in [7, 11) is 2.04. The van der Waals surface area contributed by atoms with Crippen LogP contribution in [-0.2, 0) is 6.61 Å². The van der Waals surface area contributed by atoms with Crippen LogP contribution in [0.1, 0.15) is 30.2 Å². The van der Waals surface area contributed by atoms with Gasteiger partial charge in [0, 0.05) is 25.7 Å². The maximum atomic E-state index is 13.6. The summed E-state index contributed by atoms with van der Waals surface area (Å²) in [6.45, 7) is 6.17. The molecule has 1 aromatic carbocycles. The summed E-state index contributed by atoms with van der Waals surface area (Å²) in [5, 5.41) is 0. The van der Waals surface area contributed by atoms with Gasteiger partial charge < -0.3 is 19.0 Å². The minimum atomic E-state index is -1.07. The largest absolute Gasteiger partial charge is 0.481 e. The molecule has 0 aliphatic carbocycles. The second-order valence-corrected chi connectivity index (χ2v) is 7.04. The zero-order valence-electron chi connectivity index (χ0n) is 15.6. The van der Waals surface area contributed by atoms with Crippen molar-refractivity contribution >= 4 is 5.91 Å². The number of carbonyl (C=O) groups is 1. The molecular formula is C19H23F2N3O3. The summed E-state index contributed by atoms with van der Waals surface area (Å²) in [6.07, 6.45) is 1.28. The molecule has 3 rings (SSSR count). The van der Waals surface area contributed by atoms with Gasteiger partial charge in [0.25, 0.3) is 5.91 Å². The second-order valence-electron chi connectivity index (χ2n) is 7.04. The van der Waals surface area contributed by atoms with Crippen LogP contribution in [-0.4, -0.2) is 53.4 Å². The van der Waals surface area contributed by atoms with Crippen molar-refractivity contribution in [2.24, 2.45) is 5.92 Å². The lowest BCUT2D eigenvalue weighted by Crippen LogP contribution is -2.56. The van der Waals surface area contributed by atoms with Crippen LogP contribution in [0.2, 0.25) is 0 Å². The normalized spacial score (nSPS) is 18.1. The minimum absolute atomic E-state index is 0.0917. The third-order valence-electron chi connectivity index (χ3n) is 4.69. The van der Waals surface area contributed by atoms with Crippen molar-refractivity contribution in [2.75, 3.05) is 26.7 Å². The number of benzene rings is 1. The zero-order chi connectivity index (χ0) is 19.6. The number of halogens is 2. The Labute approximate surface area is 156 Å². The number of carbonyl (C=O) groups excluding carboxylic acids is 1. The number of nitrogens with zero attached hydrogens (tertiary/aromatic N) is 3. The van der Waals surface area contributed by atoms with Crippen LogP contribution >= 0.6 is 0 Å². The first kappa shape index (κ1) is 19.3. The molecule has 1 amide bonds. The summed E-state index contributed by atoms with van der Waals surface area (Å²) in [5.41, 5.74) is 0.184. The van der Waals surface area contributed by atoms with E-state index in [2.05, 4.69) is 23.7 Å². The van der Waals surface area contributed by atoms with Gasteiger partial charge in [-0.15, -0.1) is 0 Å². The number of ether oxygens (including phenoxy) is 1. The van der Waals surface area contributed by atoms with Gasteiger partial charge in [0.15, 0.2) is 23.9 Å². The summed E-state index contributed by atoms with van der Waals surface area (Å²) >= 11 is 0. The van der Waals surface area contributed by atoms with Crippen LogP contribution in [0.15, 0.2) is 28.9 Å². The molecule has 0 spiro atoms. The molecule has 2 aromatic rings. The van der Waals surface area contributed by atoms with Gasteiger partial charge in [-0.2, -0.15) is 4.39 Å². The molecule has 27 heavy (non-hydrogen) atoms. The highest BCUT2D eigenvalue weighted by molar-refractivity contribution is 5.92. The number of aromatic nitrogens is 1. The van der Waals surface area contributed by atoms with Crippen LogP contribution < -0.4 is 4.74 Å². The molecule has 2 heterocycles. The number of oxazole rings is 1. The third kappa shape index (κ3) is 4.27. The number of amides is 1. The molecule has 1 atom stereocenters. The summed E-state index contributed by atoms with van der Waals surface area (Å²) in [5.74, 6) is -2.07. The maximum absolute atomic E-state index is 13.6. The van der Waals surface area contributed by atoms with Crippen LogP contribution in [0.25, 0.3) is 0 Å². The average molecular weight is 379 g/mol. The first-order chi connectivity index (χ1) is 12.9. The van der Waals surface area contributed by atoms with E-state index < -0.39 is 11.6 Å². The van der Waals surface area contributed by atoms with Crippen LogP contribution in [0, 0.1) is 17.6 Å². The van der Waals surface area contributed by atoms with Gasteiger partial charge in [-0.25, -0.2) is 9.37 Å². The molecule has 0 N–H and O–H groups in total. The van der Waals surface area contributed by atoms with Crippen LogP contribution in [0.3, 0.4) is 0 Å². The van der Waals surface area contributed by atoms with Gasteiger partial charge >= 0.3 is 0 Å². The Morgan fingerprint density at radius 1 is 1.37 bits per heavy atom. The van der Waals surface area contributed by atoms with Gasteiger partial charge in [-0.1, -0.05) is 19.9 Å². The molecule has 1 saturated heterocycles. The molecule has 1 fully saturated rings. The van der Waals surface area contributed by atoms with Gasteiger partial charge in [0.2, 0.25) is 11.7 Å². The molecular weight excluding hydrogens is 356 g/mol. The number of piperazine rings is 1. The molecule has 1 aliphatic rings. The Hall–Kier alpha value is -2.48. The van der Waals surface area contributed by atoms with E-state index >= 15 is 0 Å². The monoisotopic (exact) mass is 379 g/mol. The highest BCUT2D eigenvalue weighted by Gasteiger charge is 2.33. The molecule has 1 aromatic heterocycles. The molecule has 146 valence electrons. The number of hydrogen-bond acceptors (Lipinski definition) is 5. The molecule has 6 nitrogen and oxygen atoms in total. The van der Waals surface area contributed by atoms with Gasteiger partial charge in [-0.3, -0.25) is 4.79 Å². The average Bonchev–Trinajstić information content (AvgIpc) is 3.11. The van der Waals surface area contributed by atoms with Gasteiger partial charge in [-0.05, 0) is 25.1 Å². The van der Waals surface area contributed by atoms with Crippen molar-refractivity contribution in [3.63, 3.8) is 0 Å². The van der Waals surface area contributed by atoms with Crippen molar-refractivity contribution in [2.45, 2.75) is 26.5 Å². The lowest BCUT2D eigenvalue weighted by Gasteiger charge is -2.41. The van der Waals surface area contributed by atoms with Crippen molar-refractivity contribution < 1.29 is 22.7 Å². The molecule has 0 radical (unpaired) electrons. The van der Waals surface area contributed by atoms with E-state index in [-0.39, 0.29) is 35.9 Å². The van der Waals surface area contributed by atoms with Crippen molar-refractivity contribution in [3.05, 3.63) is 47.7 Å². The standard InChI is InChI=1S/C19H23F2N3O3/c1-12(2)15-9-23(3)7-8-24(15)19(25)14-10-27-17(22-14)11-26-16-6-4-5-13(20)18(16)21/h4-6,10,12,15H,7-9,11H2,1-3H3/t15-/m1/s1. The fraction of sp³-hybridized carbons (Fsp3) is 0.474. The topological polar surface area (TPSA) is 58.8 Å². The summed E-state index contributed by atoms with van der Waals surface area (Å²) < 4.78 is 37.3. The quantitative estimate of drug-likeness (QED) is 0.800. The Balaban J connectivity index is 1.67. The number of likely N-dealkylation sites (N-methyl/N-ethyl adjacent to an activating group) is 1.